The van der Waals surface area contributed by atoms with Crippen LogP contribution in [0.2, 0.25) is 5.02 Å². The molecule has 8 nitrogen and oxygen atoms in total. The maximum atomic E-state index is 14.3. The number of rotatable bonds is 9. The van der Waals surface area contributed by atoms with Gasteiger partial charge >= 0.3 is 0 Å². The number of amides is 1. The van der Waals surface area contributed by atoms with Gasteiger partial charge in [-0.25, -0.2) is 12.8 Å². The molecule has 3 rings (SSSR count). The number of nitrogens with one attached hydrogen (secondary N) is 1. The number of hydrogen-bond donors (Lipinski definition) is 1. The van der Waals surface area contributed by atoms with Crippen molar-refractivity contribution in [2.75, 3.05) is 37.5 Å². The molecular formula is C23H21BrClFN2O6S. The topological polar surface area (TPSA) is 94.2 Å². The van der Waals surface area contributed by atoms with Gasteiger partial charge in [0, 0.05) is 15.6 Å². The molecule has 0 bridgehead atoms. The minimum absolute atomic E-state index is 0.0150. The standard InChI is InChI=1S/C23H21BrClFN2O6S/c1-32-20-8-5-15(25)11-19(20)28(13-23(29)27-18-7-4-14(24)10-17(18)26)35(30,31)16-6-9-21(33-2)22(12-16)34-3/h4-12H,13H2,1-3H3,(H,27,29). The van der Waals surface area contributed by atoms with Crippen molar-refractivity contribution in [3.05, 3.63) is 69.9 Å². The van der Waals surface area contributed by atoms with Crippen LogP contribution >= 0.6 is 27.5 Å². The van der Waals surface area contributed by atoms with Gasteiger partial charge in [-0.3, -0.25) is 9.10 Å². The number of hydrogen-bond acceptors (Lipinski definition) is 6. The predicted molar refractivity (Wildman–Crippen MR) is 135 cm³/mol. The van der Waals surface area contributed by atoms with Gasteiger partial charge in [0.05, 0.1) is 37.6 Å². The Balaban J connectivity index is 2.08. The average molecular weight is 588 g/mol. The van der Waals surface area contributed by atoms with E-state index in [0.29, 0.717) is 10.2 Å². The number of nitrogens with zero attached hydrogens (tertiary/aromatic N) is 1. The molecule has 1 amide bonds. The molecule has 0 radical (unpaired) electrons. The molecule has 0 saturated heterocycles. The third-order valence-electron chi connectivity index (χ3n) is 4.85. The van der Waals surface area contributed by atoms with E-state index in [1.165, 1.54) is 75.9 Å². The van der Waals surface area contributed by atoms with Gasteiger partial charge < -0.3 is 19.5 Å². The van der Waals surface area contributed by atoms with E-state index in [1.807, 2.05) is 0 Å². The summed E-state index contributed by atoms with van der Waals surface area (Å²) in [5.74, 6) is -0.838. The molecule has 186 valence electrons. The van der Waals surface area contributed by atoms with Gasteiger partial charge in [0.1, 0.15) is 18.1 Å². The highest BCUT2D eigenvalue weighted by atomic mass is 79.9. The fourth-order valence-electron chi connectivity index (χ4n) is 3.17. The second-order valence-corrected chi connectivity index (χ2v) is 10.2. The second-order valence-electron chi connectivity index (χ2n) is 7.02. The molecule has 0 aromatic heterocycles. The Morgan fingerprint density at radius 3 is 2.26 bits per heavy atom. The molecule has 3 aromatic rings. The van der Waals surface area contributed by atoms with E-state index < -0.39 is 28.3 Å². The summed E-state index contributed by atoms with van der Waals surface area (Å²) in [4.78, 5) is 12.7. The van der Waals surface area contributed by atoms with Crippen LogP contribution in [0.25, 0.3) is 0 Å². The third kappa shape index (κ3) is 5.98. The van der Waals surface area contributed by atoms with Crippen LogP contribution in [-0.2, 0) is 14.8 Å². The molecule has 0 atom stereocenters. The molecule has 12 heteroatoms. The Labute approximate surface area is 215 Å². The van der Waals surface area contributed by atoms with Crippen LogP contribution in [-0.4, -0.2) is 42.2 Å². The zero-order chi connectivity index (χ0) is 25.8. The summed E-state index contributed by atoms with van der Waals surface area (Å²) >= 11 is 9.28. The zero-order valence-corrected chi connectivity index (χ0v) is 22.0. The molecule has 1 N–H and O–H groups in total. The Morgan fingerprint density at radius 2 is 1.63 bits per heavy atom. The van der Waals surface area contributed by atoms with Crippen molar-refractivity contribution < 1.29 is 31.8 Å². The molecule has 0 aliphatic heterocycles. The zero-order valence-electron chi connectivity index (χ0n) is 18.8. The minimum Gasteiger partial charge on any atom is -0.495 e. The molecular weight excluding hydrogens is 567 g/mol. The van der Waals surface area contributed by atoms with Crippen molar-refractivity contribution in [3.8, 4) is 17.2 Å². The molecule has 0 fully saturated rings. The van der Waals surface area contributed by atoms with E-state index >= 15 is 0 Å². The Hall–Kier alpha value is -3.02. The predicted octanol–water partition coefficient (Wildman–Crippen LogP) is 5.10. The first-order chi connectivity index (χ1) is 16.6. The smallest absolute Gasteiger partial charge is 0.265 e. The molecule has 35 heavy (non-hydrogen) atoms. The normalized spacial score (nSPS) is 11.0. The van der Waals surface area contributed by atoms with Crippen LogP contribution in [0.4, 0.5) is 15.8 Å². The highest BCUT2D eigenvalue weighted by Gasteiger charge is 2.31. The summed E-state index contributed by atoms with van der Waals surface area (Å²) in [7, 11) is -0.231. The summed E-state index contributed by atoms with van der Waals surface area (Å²) in [5.41, 5.74) is -0.0964. The Morgan fingerprint density at radius 1 is 0.971 bits per heavy atom. The lowest BCUT2D eigenvalue weighted by Crippen LogP contribution is -2.38. The van der Waals surface area contributed by atoms with E-state index in [0.717, 1.165) is 4.31 Å². The van der Waals surface area contributed by atoms with Crippen LogP contribution in [0, 0.1) is 5.82 Å². The fourth-order valence-corrected chi connectivity index (χ4v) is 5.11. The number of methoxy groups -OCH3 is 3. The molecule has 0 aliphatic carbocycles. The molecule has 0 aliphatic rings. The van der Waals surface area contributed by atoms with Gasteiger partial charge in [-0.05, 0) is 48.5 Å². The lowest BCUT2D eigenvalue weighted by Gasteiger charge is -2.26. The van der Waals surface area contributed by atoms with Crippen LogP contribution in [0.15, 0.2) is 64.0 Å². The van der Waals surface area contributed by atoms with Crippen LogP contribution in [0.1, 0.15) is 0 Å². The largest absolute Gasteiger partial charge is 0.495 e. The lowest BCUT2D eigenvalue weighted by atomic mass is 10.3. The van der Waals surface area contributed by atoms with Crippen molar-refractivity contribution in [1.82, 2.24) is 0 Å². The molecule has 0 spiro atoms. The van der Waals surface area contributed by atoms with E-state index in [-0.39, 0.29) is 32.8 Å². The highest BCUT2D eigenvalue weighted by Crippen LogP contribution is 2.37. The van der Waals surface area contributed by atoms with Crippen LogP contribution in [0.5, 0.6) is 17.2 Å². The minimum atomic E-state index is -4.37. The monoisotopic (exact) mass is 586 g/mol. The number of halogens is 3. The molecule has 0 saturated carbocycles. The van der Waals surface area contributed by atoms with Crippen molar-refractivity contribution in [3.63, 3.8) is 0 Å². The first kappa shape index (κ1) is 26.6. The maximum absolute atomic E-state index is 14.3. The summed E-state index contributed by atoms with van der Waals surface area (Å²) < 4.78 is 58.8. The van der Waals surface area contributed by atoms with Gasteiger partial charge in [-0.1, -0.05) is 27.5 Å². The summed E-state index contributed by atoms with van der Waals surface area (Å²) in [5, 5.41) is 2.61. The van der Waals surface area contributed by atoms with Crippen molar-refractivity contribution >= 4 is 54.8 Å². The molecule has 3 aromatic carbocycles. The lowest BCUT2D eigenvalue weighted by molar-refractivity contribution is -0.114. The summed E-state index contributed by atoms with van der Waals surface area (Å²) in [6.07, 6.45) is 0. The first-order valence-electron chi connectivity index (χ1n) is 9.94. The fraction of sp³-hybridized carbons (Fsp3) is 0.174. The summed E-state index contributed by atoms with van der Waals surface area (Å²) in [6.45, 7) is -0.705. The number of sulfonamides is 1. The third-order valence-corrected chi connectivity index (χ3v) is 7.33. The summed E-state index contributed by atoms with van der Waals surface area (Å²) in [6, 6.07) is 12.4. The van der Waals surface area contributed by atoms with Crippen molar-refractivity contribution in [2.24, 2.45) is 0 Å². The van der Waals surface area contributed by atoms with Gasteiger partial charge in [0.2, 0.25) is 5.91 Å². The van der Waals surface area contributed by atoms with E-state index in [4.69, 9.17) is 25.8 Å². The van der Waals surface area contributed by atoms with Gasteiger partial charge in [-0.2, -0.15) is 0 Å². The number of anilines is 2. The Bertz CT molecular complexity index is 1360. The molecule has 0 unspecified atom stereocenters. The maximum Gasteiger partial charge on any atom is 0.265 e. The van der Waals surface area contributed by atoms with Crippen molar-refractivity contribution in [2.45, 2.75) is 4.90 Å². The van der Waals surface area contributed by atoms with E-state index in [1.54, 1.807) is 0 Å². The average Bonchev–Trinajstić information content (AvgIpc) is 2.83. The highest BCUT2D eigenvalue weighted by molar-refractivity contribution is 9.10. The SMILES string of the molecule is COc1ccc(S(=O)(=O)N(CC(=O)Nc2ccc(Br)cc2F)c2cc(Cl)ccc2OC)cc1OC. The number of carbonyl (C=O) groups is 1. The van der Waals surface area contributed by atoms with E-state index in [9.17, 15) is 17.6 Å². The number of carbonyl (C=O) groups excluding carboxylic acids is 1. The van der Waals surface area contributed by atoms with E-state index in [2.05, 4.69) is 21.2 Å². The number of ether oxygens (including phenoxy) is 3. The Kier molecular flexibility index (Phi) is 8.47. The van der Waals surface area contributed by atoms with Gasteiger partial charge in [0.15, 0.2) is 11.5 Å². The first-order valence-corrected chi connectivity index (χ1v) is 12.5. The molecule has 0 heterocycles. The second kappa shape index (κ2) is 11.1. The van der Waals surface area contributed by atoms with Gasteiger partial charge in [0.25, 0.3) is 10.0 Å². The van der Waals surface area contributed by atoms with Crippen molar-refractivity contribution in [1.29, 1.82) is 0 Å². The van der Waals surface area contributed by atoms with Crippen LogP contribution in [0.3, 0.4) is 0 Å². The van der Waals surface area contributed by atoms with Crippen LogP contribution < -0.4 is 23.8 Å². The number of benzene rings is 3. The quantitative estimate of drug-likeness (QED) is 0.374. The van der Waals surface area contributed by atoms with Gasteiger partial charge in [-0.15, -0.1) is 0 Å².